The maximum absolute atomic E-state index is 13.9. The number of hydrogen-bond donors (Lipinski definition) is 1. The zero-order chi connectivity index (χ0) is 41.5. The number of hydrogen-bond acceptors (Lipinski definition) is 12. The Morgan fingerprint density at radius 2 is 1.20 bits per heavy atom. The van der Waals surface area contributed by atoms with Crippen LogP contribution in [0.3, 0.4) is 0 Å². The van der Waals surface area contributed by atoms with E-state index in [1.54, 1.807) is 12.4 Å². The standard InChI is InChI=1S/C39H54N4O12Si/c1-25-15-27(23-44)40(21-25)37(45)29-17-33(51-6)35(19-31(29)42(47)48)53-13-11-10-12-14-54-36-20-32(43(49)50)30(18-34(36)52-7)38(46)41-22-26(2)16-28(41)24-55-56(8,9)39(3,4)5/h17-22,27-28,44H,10-16,23-24H2,1-9H3/t27-,28-/m0/s1. The van der Waals surface area contributed by atoms with Gasteiger partial charge in [-0.3, -0.25) is 29.8 Å². The molecule has 0 spiro atoms. The molecule has 17 heteroatoms. The van der Waals surface area contributed by atoms with Gasteiger partial charge in [-0.25, -0.2) is 0 Å². The van der Waals surface area contributed by atoms with E-state index >= 15 is 0 Å². The number of nitro benzene ring substituents is 2. The maximum atomic E-state index is 13.9. The summed E-state index contributed by atoms with van der Waals surface area (Å²) in [7, 11) is 0.649. The van der Waals surface area contributed by atoms with E-state index in [1.165, 1.54) is 42.2 Å². The minimum absolute atomic E-state index is 0.0214. The Morgan fingerprint density at radius 3 is 1.59 bits per heavy atom. The summed E-state index contributed by atoms with van der Waals surface area (Å²) in [5.41, 5.74) is 0.669. The average molecular weight is 799 g/mol. The third-order valence-corrected chi connectivity index (χ3v) is 15.0. The summed E-state index contributed by atoms with van der Waals surface area (Å²) < 4.78 is 29.1. The lowest BCUT2D eigenvalue weighted by Gasteiger charge is -2.38. The number of amides is 2. The number of nitro groups is 2. The van der Waals surface area contributed by atoms with Gasteiger partial charge in [0.05, 0.1) is 74.7 Å². The molecule has 0 bridgehead atoms. The van der Waals surface area contributed by atoms with Crippen molar-refractivity contribution in [3.05, 3.63) is 79.2 Å². The smallest absolute Gasteiger partial charge is 0.286 e. The molecule has 2 aliphatic heterocycles. The van der Waals surface area contributed by atoms with Gasteiger partial charge >= 0.3 is 0 Å². The van der Waals surface area contributed by atoms with Gasteiger partial charge in [0.1, 0.15) is 11.1 Å². The fourth-order valence-corrected chi connectivity index (χ4v) is 7.35. The van der Waals surface area contributed by atoms with E-state index in [0.29, 0.717) is 38.7 Å². The van der Waals surface area contributed by atoms with Gasteiger partial charge in [0.15, 0.2) is 31.3 Å². The van der Waals surface area contributed by atoms with Crippen LogP contribution in [0, 0.1) is 20.2 Å². The molecule has 2 aromatic rings. The molecule has 306 valence electrons. The molecule has 0 radical (unpaired) electrons. The molecule has 1 N–H and O–H groups in total. The van der Waals surface area contributed by atoms with E-state index in [2.05, 4.69) is 33.9 Å². The van der Waals surface area contributed by atoms with E-state index in [1.807, 2.05) is 13.8 Å². The lowest BCUT2D eigenvalue weighted by molar-refractivity contribution is -0.385. The summed E-state index contributed by atoms with van der Waals surface area (Å²) in [6.45, 7) is 14.8. The molecule has 0 fully saturated rings. The van der Waals surface area contributed by atoms with Crippen LogP contribution in [-0.4, -0.2) is 97.6 Å². The van der Waals surface area contributed by atoms with Crippen molar-refractivity contribution >= 4 is 31.5 Å². The van der Waals surface area contributed by atoms with Crippen LogP contribution in [0.2, 0.25) is 18.1 Å². The van der Waals surface area contributed by atoms with Gasteiger partial charge in [-0.05, 0) is 64.1 Å². The summed E-state index contributed by atoms with van der Waals surface area (Å²) >= 11 is 0. The van der Waals surface area contributed by atoms with Crippen molar-refractivity contribution in [2.75, 3.05) is 40.6 Å². The van der Waals surface area contributed by atoms with E-state index < -0.39 is 47.4 Å². The van der Waals surface area contributed by atoms with E-state index in [-0.39, 0.29) is 65.0 Å². The first kappa shape index (κ1) is 43.7. The Bertz CT molecular complexity index is 1870. The van der Waals surface area contributed by atoms with Crippen LogP contribution in [0.15, 0.2) is 47.8 Å². The molecular formula is C39H54N4O12Si. The highest BCUT2D eigenvalue weighted by molar-refractivity contribution is 6.74. The van der Waals surface area contributed by atoms with Crippen molar-refractivity contribution in [3.63, 3.8) is 0 Å². The minimum Gasteiger partial charge on any atom is -0.493 e. The second-order valence-electron chi connectivity index (χ2n) is 15.7. The van der Waals surface area contributed by atoms with Gasteiger partial charge in [-0.2, -0.15) is 0 Å². The van der Waals surface area contributed by atoms with Crippen molar-refractivity contribution in [2.45, 2.75) is 96.9 Å². The van der Waals surface area contributed by atoms with Gasteiger partial charge < -0.3 is 38.3 Å². The van der Waals surface area contributed by atoms with E-state index in [9.17, 15) is 34.9 Å². The molecule has 4 rings (SSSR count). The van der Waals surface area contributed by atoms with Crippen molar-refractivity contribution in [1.82, 2.24) is 9.80 Å². The number of aliphatic hydroxyl groups excluding tert-OH is 1. The zero-order valence-corrected chi connectivity index (χ0v) is 34.7. The van der Waals surface area contributed by atoms with Crippen LogP contribution < -0.4 is 18.9 Å². The number of unbranched alkanes of at least 4 members (excludes halogenated alkanes) is 2. The minimum atomic E-state index is -2.11. The molecule has 0 aromatic heterocycles. The van der Waals surface area contributed by atoms with Crippen LogP contribution in [-0.2, 0) is 4.43 Å². The molecule has 16 nitrogen and oxygen atoms in total. The normalized spacial score (nSPS) is 17.0. The Kier molecular flexibility index (Phi) is 14.3. The quantitative estimate of drug-likeness (QED) is 0.0681. The van der Waals surface area contributed by atoms with Crippen LogP contribution in [0.25, 0.3) is 0 Å². The number of carbonyl (C=O) groups is 2. The van der Waals surface area contributed by atoms with Gasteiger partial charge in [0.2, 0.25) is 0 Å². The molecular weight excluding hydrogens is 745 g/mol. The predicted molar refractivity (Wildman–Crippen MR) is 211 cm³/mol. The summed E-state index contributed by atoms with van der Waals surface area (Å²) in [6, 6.07) is 4.17. The highest BCUT2D eigenvalue weighted by Crippen LogP contribution is 2.40. The van der Waals surface area contributed by atoms with Gasteiger partial charge in [-0.1, -0.05) is 31.9 Å². The van der Waals surface area contributed by atoms with Crippen molar-refractivity contribution in [1.29, 1.82) is 0 Å². The van der Waals surface area contributed by atoms with Crippen LogP contribution in [0.5, 0.6) is 23.0 Å². The summed E-state index contributed by atoms with van der Waals surface area (Å²) in [6.07, 6.45) is 6.01. The SMILES string of the molecule is COc1cc(C(=O)N2C=C(C)C[C@H]2CO)c([N+](=O)[O-])cc1OCCCCCOc1cc([N+](=O)[O-])c(C(=O)N2C=C(C)C[C@H]2CO[Si](C)(C)C(C)(C)C)cc1OC. The number of ether oxygens (including phenoxy) is 4. The second-order valence-corrected chi connectivity index (χ2v) is 20.5. The molecule has 2 aromatic carbocycles. The zero-order valence-electron chi connectivity index (χ0n) is 33.7. The predicted octanol–water partition coefficient (Wildman–Crippen LogP) is 7.40. The van der Waals surface area contributed by atoms with Crippen LogP contribution in [0.1, 0.15) is 87.4 Å². The van der Waals surface area contributed by atoms with Crippen molar-refractivity contribution < 1.29 is 47.9 Å². The lowest BCUT2D eigenvalue weighted by Crippen LogP contribution is -2.45. The topological polar surface area (TPSA) is 193 Å². The van der Waals surface area contributed by atoms with Crippen LogP contribution >= 0.6 is 0 Å². The molecule has 0 unspecified atom stereocenters. The van der Waals surface area contributed by atoms with Gasteiger partial charge in [-0.15, -0.1) is 0 Å². The molecule has 2 aliphatic rings. The van der Waals surface area contributed by atoms with Crippen LogP contribution in [0.4, 0.5) is 11.4 Å². The second kappa shape index (κ2) is 18.3. The first-order valence-electron chi connectivity index (χ1n) is 18.6. The fourth-order valence-electron chi connectivity index (χ4n) is 6.30. The Hall–Kier alpha value is -5.00. The summed E-state index contributed by atoms with van der Waals surface area (Å²) in [5.74, 6) is -0.622. The largest absolute Gasteiger partial charge is 0.493 e. The molecule has 2 heterocycles. The summed E-state index contributed by atoms with van der Waals surface area (Å²) in [4.78, 5) is 53.0. The highest BCUT2D eigenvalue weighted by atomic mass is 28.4. The molecule has 0 aliphatic carbocycles. The molecule has 0 saturated heterocycles. The number of aliphatic hydroxyl groups is 1. The molecule has 0 saturated carbocycles. The Morgan fingerprint density at radius 1 is 0.768 bits per heavy atom. The number of methoxy groups -OCH3 is 2. The third-order valence-electron chi connectivity index (χ3n) is 10.5. The maximum Gasteiger partial charge on any atom is 0.286 e. The first-order chi connectivity index (χ1) is 26.3. The third kappa shape index (κ3) is 10.0. The summed E-state index contributed by atoms with van der Waals surface area (Å²) in [5, 5.41) is 33.9. The number of carbonyl (C=O) groups excluding carboxylic acids is 2. The number of rotatable bonds is 18. The lowest BCUT2D eigenvalue weighted by atomic mass is 10.1. The Labute approximate surface area is 328 Å². The van der Waals surface area contributed by atoms with E-state index in [4.69, 9.17) is 23.4 Å². The average Bonchev–Trinajstić information content (AvgIpc) is 3.72. The molecule has 56 heavy (non-hydrogen) atoms. The van der Waals surface area contributed by atoms with Gasteiger partial charge in [0.25, 0.3) is 23.2 Å². The fraction of sp³-hybridized carbons (Fsp3) is 0.538. The van der Waals surface area contributed by atoms with Crippen molar-refractivity contribution in [3.8, 4) is 23.0 Å². The molecule has 2 amide bonds. The monoisotopic (exact) mass is 798 g/mol. The van der Waals surface area contributed by atoms with Gasteiger partial charge in [0, 0.05) is 24.5 Å². The highest BCUT2D eigenvalue weighted by Gasteiger charge is 2.40. The molecule has 2 atom stereocenters. The first-order valence-corrected chi connectivity index (χ1v) is 21.5. The van der Waals surface area contributed by atoms with Crippen molar-refractivity contribution in [2.24, 2.45) is 0 Å². The number of benzene rings is 2. The van der Waals surface area contributed by atoms with E-state index in [0.717, 1.165) is 17.2 Å². The Balaban J connectivity index is 1.37. The number of nitrogens with zero attached hydrogens (tertiary/aromatic N) is 4.